The molecular formula is C8H12N2O2. The van der Waals surface area contributed by atoms with Crippen LogP contribution in [-0.4, -0.2) is 12.1 Å². The fraction of sp³-hybridized carbons (Fsp3) is 0.625. The number of nitrogens with zero attached hydrogens (tertiary/aromatic N) is 1. The number of aromatic nitrogens is 1. The molecule has 0 radical (unpaired) electrons. The average Bonchev–Trinajstić information content (AvgIpc) is 2.83. The first kappa shape index (κ1) is 7.76. The topological polar surface area (TPSA) is 47.3 Å². The number of oxazole rings is 1. The first-order valence-corrected chi connectivity index (χ1v) is 4.10. The van der Waals surface area contributed by atoms with Crippen LogP contribution >= 0.6 is 0 Å². The van der Waals surface area contributed by atoms with Gasteiger partial charge in [0.1, 0.15) is 5.76 Å². The summed E-state index contributed by atoms with van der Waals surface area (Å²) in [4.78, 5) is 8.86. The lowest BCUT2D eigenvalue weighted by Gasteiger charge is -1.95. The SMILES string of the molecule is CONCc1cnc(C2CC2)o1. The normalized spacial score (nSPS) is 16.8. The van der Waals surface area contributed by atoms with Crippen LogP contribution in [-0.2, 0) is 11.4 Å². The third-order valence-corrected chi connectivity index (χ3v) is 1.89. The van der Waals surface area contributed by atoms with Crippen LogP contribution in [0.5, 0.6) is 0 Å². The Morgan fingerprint density at radius 2 is 2.58 bits per heavy atom. The third kappa shape index (κ3) is 1.65. The Labute approximate surface area is 70.9 Å². The van der Waals surface area contributed by atoms with E-state index in [2.05, 4.69) is 10.5 Å². The molecule has 0 amide bonds. The van der Waals surface area contributed by atoms with Crippen molar-refractivity contribution in [1.29, 1.82) is 0 Å². The maximum absolute atomic E-state index is 5.46. The van der Waals surface area contributed by atoms with Gasteiger partial charge in [-0.2, -0.15) is 5.48 Å². The van der Waals surface area contributed by atoms with Crippen molar-refractivity contribution in [3.05, 3.63) is 17.8 Å². The van der Waals surface area contributed by atoms with E-state index in [1.54, 1.807) is 13.3 Å². The van der Waals surface area contributed by atoms with E-state index in [1.165, 1.54) is 12.8 Å². The van der Waals surface area contributed by atoms with Gasteiger partial charge < -0.3 is 9.25 Å². The third-order valence-electron chi connectivity index (χ3n) is 1.89. The summed E-state index contributed by atoms with van der Waals surface area (Å²) >= 11 is 0. The van der Waals surface area contributed by atoms with Gasteiger partial charge in [0.05, 0.1) is 19.9 Å². The molecule has 0 saturated heterocycles. The van der Waals surface area contributed by atoms with Gasteiger partial charge >= 0.3 is 0 Å². The molecule has 1 N–H and O–H groups in total. The molecule has 2 rings (SSSR count). The van der Waals surface area contributed by atoms with E-state index >= 15 is 0 Å². The van der Waals surface area contributed by atoms with E-state index in [0.717, 1.165) is 11.7 Å². The molecule has 4 heteroatoms. The molecule has 1 fully saturated rings. The molecule has 0 spiro atoms. The summed E-state index contributed by atoms with van der Waals surface area (Å²) in [6.45, 7) is 0.580. The first-order valence-electron chi connectivity index (χ1n) is 4.10. The number of hydroxylamine groups is 1. The van der Waals surface area contributed by atoms with E-state index in [-0.39, 0.29) is 0 Å². The molecule has 1 aromatic heterocycles. The van der Waals surface area contributed by atoms with Gasteiger partial charge in [-0.25, -0.2) is 4.98 Å². The number of nitrogens with one attached hydrogen (secondary N) is 1. The van der Waals surface area contributed by atoms with Crippen molar-refractivity contribution in [2.24, 2.45) is 0 Å². The summed E-state index contributed by atoms with van der Waals surface area (Å²) in [6, 6.07) is 0. The van der Waals surface area contributed by atoms with Gasteiger partial charge in [0.2, 0.25) is 0 Å². The fourth-order valence-corrected chi connectivity index (χ4v) is 1.07. The van der Waals surface area contributed by atoms with Gasteiger partial charge in [-0.3, -0.25) is 0 Å². The first-order chi connectivity index (χ1) is 5.90. The van der Waals surface area contributed by atoms with Gasteiger partial charge in [0.25, 0.3) is 0 Å². The monoisotopic (exact) mass is 168 g/mol. The molecule has 1 saturated carbocycles. The number of hydrogen-bond acceptors (Lipinski definition) is 4. The van der Waals surface area contributed by atoms with Crippen LogP contribution < -0.4 is 5.48 Å². The molecule has 1 aliphatic rings. The van der Waals surface area contributed by atoms with Crippen molar-refractivity contribution in [3.8, 4) is 0 Å². The molecule has 0 atom stereocenters. The number of hydrogen-bond donors (Lipinski definition) is 1. The highest BCUT2D eigenvalue weighted by molar-refractivity contribution is 5.04. The summed E-state index contributed by atoms with van der Waals surface area (Å²) in [5.41, 5.74) is 2.70. The zero-order chi connectivity index (χ0) is 8.39. The van der Waals surface area contributed by atoms with Crippen molar-refractivity contribution in [2.45, 2.75) is 25.3 Å². The second-order valence-electron chi connectivity index (χ2n) is 2.96. The van der Waals surface area contributed by atoms with Crippen LogP contribution in [0.3, 0.4) is 0 Å². The molecule has 12 heavy (non-hydrogen) atoms. The predicted molar refractivity (Wildman–Crippen MR) is 42.3 cm³/mol. The molecule has 66 valence electrons. The summed E-state index contributed by atoms with van der Waals surface area (Å²) < 4.78 is 5.46. The minimum Gasteiger partial charge on any atom is -0.444 e. The zero-order valence-corrected chi connectivity index (χ0v) is 7.04. The van der Waals surface area contributed by atoms with Crippen molar-refractivity contribution < 1.29 is 9.25 Å². The largest absolute Gasteiger partial charge is 0.444 e. The van der Waals surface area contributed by atoms with Crippen LogP contribution in [0, 0.1) is 0 Å². The number of rotatable bonds is 4. The highest BCUT2D eigenvalue weighted by Crippen LogP contribution is 2.39. The van der Waals surface area contributed by atoms with Crippen molar-refractivity contribution in [3.63, 3.8) is 0 Å². The quantitative estimate of drug-likeness (QED) is 0.686. The summed E-state index contributed by atoms with van der Waals surface area (Å²) in [5, 5.41) is 0. The van der Waals surface area contributed by atoms with Crippen LogP contribution in [0.1, 0.15) is 30.4 Å². The van der Waals surface area contributed by atoms with E-state index in [1.807, 2.05) is 0 Å². The smallest absolute Gasteiger partial charge is 0.197 e. The second kappa shape index (κ2) is 3.25. The van der Waals surface area contributed by atoms with Gasteiger partial charge in [-0.1, -0.05) is 0 Å². The maximum Gasteiger partial charge on any atom is 0.197 e. The Bertz CT molecular complexity index is 255. The fourth-order valence-electron chi connectivity index (χ4n) is 1.07. The van der Waals surface area contributed by atoms with Gasteiger partial charge in [0, 0.05) is 5.92 Å². The van der Waals surface area contributed by atoms with Gasteiger partial charge in [0.15, 0.2) is 5.89 Å². The maximum atomic E-state index is 5.46. The lowest BCUT2D eigenvalue weighted by atomic mass is 10.4. The van der Waals surface area contributed by atoms with E-state index in [9.17, 15) is 0 Å². The van der Waals surface area contributed by atoms with Gasteiger partial charge in [-0.05, 0) is 12.8 Å². The Kier molecular flexibility index (Phi) is 2.10. The molecule has 1 aromatic rings. The Balaban J connectivity index is 1.93. The Morgan fingerprint density at radius 1 is 1.75 bits per heavy atom. The summed E-state index contributed by atoms with van der Waals surface area (Å²) in [6.07, 6.45) is 4.19. The van der Waals surface area contributed by atoms with Crippen LogP contribution in [0.4, 0.5) is 0 Å². The average molecular weight is 168 g/mol. The summed E-state index contributed by atoms with van der Waals surface area (Å²) in [7, 11) is 1.58. The van der Waals surface area contributed by atoms with E-state index in [4.69, 9.17) is 9.25 Å². The molecule has 0 aliphatic heterocycles. The second-order valence-corrected chi connectivity index (χ2v) is 2.96. The summed E-state index contributed by atoms with van der Waals surface area (Å²) in [5.74, 6) is 2.29. The van der Waals surface area contributed by atoms with Crippen molar-refractivity contribution in [2.75, 3.05) is 7.11 Å². The van der Waals surface area contributed by atoms with Crippen LogP contribution in [0.2, 0.25) is 0 Å². The van der Waals surface area contributed by atoms with E-state index < -0.39 is 0 Å². The minimum absolute atomic E-state index is 0.580. The van der Waals surface area contributed by atoms with Crippen molar-refractivity contribution >= 4 is 0 Å². The van der Waals surface area contributed by atoms with Crippen molar-refractivity contribution in [1.82, 2.24) is 10.5 Å². The predicted octanol–water partition coefficient (Wildman–Crippen LogP) is 1.20. The van der Waals surface area contributed by atoms with Crippen LogP contribution in [0.25, 0.3) is 0 Å². The van der Waals surface area contributed by atoms with Gasteiger partial charge in [-0.15, -0.1) is 0 Å². The molecule has 0 bridgehead atoms. The minimum atomic E-state index is 0.580. The Morgan fingerprint density at radius 3 is 3.25 bits per heavy atom. The molecular weight excluding hydrogens is 156 g/mol. The zero-order valence-electron chi connectivity index (χ0n) is 7.04. The molecule has 4 nitrogen and oxygen atoms in total. The van der Waals surface area contributed by atoms with Crippen LogP contribution in [0.15, 0.2) is 10.6 Å². The molecule has 1 heterocycles. The Hall–Kier alpha value is -0.870. The molecule has 1 aliphatic carbocycles. The highest BCUT2D eigenvalue weighted by atomic mass is 16.6. The lowest BCUT2D eigenvalue weighted by molar-refractivity contribution is 0.0815. The standard InChI is InChI=1S/C8H12N2O2/c1-11-10-5-7-4-9-8(12-7)6-2-3-6/h4,6,10H,2-3,5H2,1H3. The highest BCUT2D eigenvalue weighted by Gasteiger charge is 2.28. The molecule has 0 unspecified atom stereocenters. The van der Waals surface area contributed by atoms with E-state index in [0.29, 0.717) is 12.5 Å². The molecule has 0 aromatic carbocycles. The lowest BCUT2D eigenvalue weighted by Crippen LogP contribution is -2.09.